The Kier molecular flexibility index (Phi) is 1.07. The van der Waals surface area contributed by atoms with Gasteiger partial charge >= 0.3 is 0 Å². The van der Waals surface area contributed by atoms with Crippen LogP contribution in [0, 0.1) is 0 Å². The molecule has 0 atom stereocenters. The van der Waals surface area contributed by atoms with Crippen molar-refractivity contribution in [1.29, 1.82) is 0 Å². The van der Waals surface area contributed by atoms with Crippen LogP contribution in [0.15, 0.2) is 18.7 Å². The maximum Gasteiger partial charge on any atom is 0.179 e. The molecular formula is C5H3ClN4. The Morgan fingerprint density at radius 1 is 1.50 bits per heavy atom. The van der Waals surface area contributed by atoms with Crippen LogP contribution in [0.5, 0.6) is 0 Å². The molecule has 0 saturated carbocycles. The molecule has 2 heterocycles. The molecule has 0 aliphatic rings. The summed E-state index contributed by atoms with van der Waals surface area (Å²) < 4.78 is 1.70. The normalized spacial score (nSPS) is 10.5. The van der Waals surface area contributed by atoms with Crippen LogP contribution in [0.1, 0.15) is 0 Å². The van der Waals surface area contributed by atoms with Gasteiger partial charge in [0.25, 0.3) is 0 Å². The summed E-state index contributed by atoms with van der Waals surface area (Å²) in [4.78, 5) is 3.82. The second-order valence-electron chi connectivity index (χ2n) is 1.81. The number of aromatic nitrogens is 4. The minimum atomic E-state index is 0.437. The zero-order chi connectivity index (χ0) is 6.97. The quantitative estimate of drug-likeness (QED) is 0.563. The van der Waals surface area contributed by atoms with Crippen molar-refractivity contribution in [2.24, 2.45) is 0 Å². The third-order valence-electron chi connectivity index (χ3n) is 1.15. The highest BCUT2D eigenvalue weighted by molar-refractivity contribution is 6.29. The minimum absolute atomic E-state index is 0.437. The molecule has 0 N–H and O–H groups in total. The Labute approximate surface area is 61.5 Å². The average molecular weight is 155 g/mol. The van der Waals surface area contributed by atoms with Crippen LogP contribution in [-0.4, -0.2) is 19.6 Å². The number of halogens is 1. The van der Waals surface area contributed by atoms with Gasteiger partial charge in [-0.1, -0.05) is 11.6 Å². The molecule has 50 valence electrons. The lowest BCUT2D eigenvalue weighted by Gasteiger charge is -1.88. The molecule has 10 heavy (non-hydrogen) atoms. The van der Waals surface area contributed by atoms with Gasteiger partial charge in [-0.2, -0.15) is 0 Å². The van der Waals surface area contributed by atoms with Gasteiger partial charge in [0.1, 0.15) is 11.5 Å². The van der Waals surface area contributed by atoms with E-state index < -0.39 is 0 Å². The highest BCUT2D eigenvalue weighted by atomic mass is 35.5. The van der Waals surface area contributed by atoms with Crippen LogP contribution in [0.3, 0.4) is 0 Å². The van der Waals surface area contributed by atoms with Gasteiger partial charge < -0.3 is 0 Å². The highest BCUT2D eigenvalue weighted by Crippen LogP contribution is 2.03. The van der Waals surface area contributed by atoms with Crippen LogP contribution in [0.2, 0.25) is 5.15 Å². The molecule has 2 aromatic rings. The molecule has 0 aliphatic carbocycles. The first-order valence-electron chi connectivity index (χ1n) is 2.67. The first-order valence-corrected chi connectivity index (χ1v) is 3.05. The van der Waals surface area contributed by atoms with Gasteiger partial charge in [0, 0.05) is 6.20 Å². The lowest BCUT2D eigenvalue weighted by atomic mass is 10.7. The maximum atomic E-state index is 5.59. The van der Waals surface area contributed by atoms with Crippen molar-refractivity contribution < 1.29 is 0 Å². The lowest BCUT2D eigenvalue weighted by Crippen LogP contribution is -1.84. The molecule has 2 rings (SSSR count). The van der Waals surface area contributed by atoms with Gasteiger partial charge in [0.15, 0.2) is 5.65 Å². The molecule has 0 amide bonds. The number of hydrogen-bond donors (Lipinski definition) is 0. The van der Waals surface area contributed by atoms with E-state index in [0.717, 1.165) is 0 Å². The SMILES string of the molecule is Clc1cn2cnnc2cn1. The largest absolute Gasteiger partial charge is 0.285 e. The van der Waals surface area contributed by atoms with Crippen molar-refractivity contribution >= 4 is 17.2 Å². The Morgan fingerprint density at radius 3 is 3.30 bits per heavy atom. The van der Waals surface area contributed by atoms with E-state index in [1.807, 2.05) is 0 Å². The number of rotatable bonds is 0. The number of fused-ring (bicyclic) bond motifs is 1. The molecule has 0 radical (unpaired) electrons. The molecule has 0 unspecified atom stereocenters. The molecule has 2 aromatic heterocycles. The Balaban J connectivity index is 2.86. The van der Waals surface area contributed by atoms with E-state index in [1.165, 1.54) is 0 Å². The molecule has 4 nitrogen and oxygen atoms in total. The van der Waals surface area contributed by atoms with E-state index in [9.17, 15) is 0 Å². The lowest BCUT2D eigenvalue weighted by molar-refractivity contribution is 1.10. The van der Waals surface area contributed by atoms with Crippen molar-refractivity contribution in [3.05, 3.63) is 23.9 Å². The Bertz CT molecular complexity index is 355. The van der Waals surface area contributed by atoms with E-state index in [1.54, 1.807) is 23.1 Å². The van der Waals surface area contributed by atoms with E-state index in [4.69, 9.17) is 11.6 Å². The maximum absolute atomic E-state index is 5.59. The number of nitrogens with zero attached hydrogens (tertiary/aromatic N) is 4. The zero-order valence-electron chi connectivity index (χ0n) is 4.90. The van der Waals surface area contributed by atoms with Crippen LogP contribution in [-0.2, 0) is 0 Å². The van der Waals surface area contributed by atoms with Gasteiger partial charge in [0.05, 0.1) is 6.20 Å². The topological polar surface area (TPSA) is 43.1 Å². The third-order valence-corrected chi connectivity index (χ3v) is 1.34. The predicted octanol–water partition coefficient (Wildman–Crippen LogP) is 0.778. The monoisotopic (exact) mass is 154 g/mol. The summed E-state index contributed by atoms with van der Waals surface area (Å²) in [7, 11) is 0. The van der Waals surface area contributed by atoms with E-state index in [-0.39, 0.29) is 0 Å². The summed E-state index contributed by atoms with van der Waals surface area (Å²) in [5.41, 5.74) is 0.699. The van der Waals surface area contributed by atoms with Crippen LogP contribution >= 0.6 is 11.6 Å². The summed E-state index contributed by atoms with van der Waals surface area (Å²) in [5, 5.41) is 7.85. The second-order valence-corrected chi connectivity index (χ2v) is 2.19. The fraction of sp³-hybridized carbons (Fsp3) is 0. The van der Waals surface area contributed by atoms with Crippen LogP contribution in [0.25, 0.3) is 5.65 Å². The third kappa shape index (κ3) is 0.733. The smallest absolute Gasteiger partial charge is 0.179 e. The average Bonchev–Trinajstić information content (AvgIpc) is 2.33. The minimum Gasteiger partial charge on any atom is -0.285 e. The summed E-state index contributed by atoms with van der Waals surface area (Å²) in [5.74, 6) is 0. The van der Waals surface area contributed by atoms with Gasteiger partial charge in [0.2, 0.25) is 0 Å². The first kappa shape index (κ1) is 5.61. The standard InChI is InChI=1S/C5H3ClN4/c6-4-2-10-3-8-9-5(10)1-7-4/h1-3H. The van der Waals surface area contributed by atoms with E-state index in [2.05, 4.69) is 15.2 Å². The Hall–Kier alpha value is -1.16. The van der Waals surface area contributed by atoms with E-state index in [0.29, 0.717) is 10.8 Å². The first-order chi connectivity index (χ1) is 4.86. The van der Waals surface area contributed by atoms with Gasteiger partial charge in [-0.3, -0.25) is 4.40 Å². The van der Waals surface area contributed by atoms with E-state index >= 15 is 0 Å². The van der Waals surface area contributed by atoms with Crippen molar-refractivity contribution in [3.63, 3.8) is 0 Å². The molecule has 0 fully saturated rings. The molecule has 0 aliphatic heterocycles. The summed E-state index contributed by atoms with van der Waals surface area (Å²) in [6.07, 6.45) is 4.79. The van der Waals surface area contributed by atoms with Crippen molar-refractivity contribution in [2.75, 3.05) is 0 Å². The summed E-state index contributed by atoms with van der Waals surface area (Å²) in [6.45, 7) is 0. The Morgan fingerprint density at radius 2 is 2.40 bits per heavy atom. The van der Waals surface area contributed by atoms with Crippen LogP contribution in [0.4, 0.5) is 0 Å². The fourth-order valence-corrected chi connectivity index (χ4v) is 0.865. The fourth-order valence-electron chi connectivity index (χ4n) is 0.711. The van der Waals surface area contributed by atoms with Gasteiger partial charge in [-0.15, -0.1) is 10.2 Å². The predicted molar refractivity (Wildman–Crippen MR) is 35.8 cm³/mol. The van der Waals surface area contributed by atoms with Crippen molar-refractivity contribution in [2.45, 2.75) is 0 Å². The summed E-state index contributed by atoms with van der Waals surface area (Å²) >= 11 is 5.59. The van der Waals surface area contributed by atoms with Crippen LogP contribution < -0.4 is 0 Å². The molecule has 0 spiro atoms. The van der Waals surface area contributed by atoms with Crippen molar-refractivity contribution in [3.8, 4) is 0 Å². The molecular weight excluding hydrogens is 152 g/mol. The molecule has 0 saturated heterocycles. The van der Waals surface area contributed by atoms with Crippen molar-refractivity contribution in [1.82, 2.24) is 19.6 Å². The summed E-state index contributed by atoms with van der Waals surface area (Å²) in [6, 6.07) is 0. The zero-order valence-corrected chi connectivity index (χ0v) is 5.65. The molecule has 0 bridgehead atoms. The van der Waals surface area contributed by atoms with Gasteiger partial charge in [-0.05, 0) is 0 Å². The number of hydrogen-bond acceptors (Lipinski definition) is 3. The van der Waals surface area contributed by atoms with Gasteiger partial charge in [-0.25, -0.2) is 4.98 Å². The molecule has 5 heteroatoms. The second kappa shape index (κ2) is 1.91. The molecule has 0 aromatic carbocycles. The highest BCUT2D eigenvalue weighted by Gasteiger charge is 1.93.